The van der Waals surface area contributed by atoms with E-state index in [2.05, 4.69) is 5.32 Å². The van der Waals surface area contributed by atoms with Crippen molar-refractivity contribution in [2.75, 3.05) is 20.1 Å². The summed E-state index contributed by atoms with van der Waals surface area (Å²) in [6, 6.07) is 13.1. The number of nitrogens with zero attached hydrogens (tertiary/aromatic N) is 3. The number of para-hydroxylation sites is 1. The Morgan fingerprint density at radius 3 is 2.51 bits per heavy atom. The molecule has 0 radical (unpaired) electrons. The van der Waals surface area contributed by atoms with Gasteiger partial charge in [-0.05, 0) is 44.9 Å². The number of nitro groups is 1. The Morgan fingerprint density at radius 1 is 1.16 bits per heavy atom. The van der Waals surface area contributed by atoms with Gasteiger partial charge in [-0.25, -0.2) is 14.4 Å². The van der Waals surface area contributed by atoms with Crippen LogP contribution in [-0.2, 0) is 9.53 Å². The van der Waals surface area contributed by atoms with Crippen molar-refractivity contribution in [3.63, 3.8) is 0 Å². The molecule has 0 aliphatic carbocycles. The number of carbonyl (C=O) groups excluding carboxylic acids is 3. The zero-order chi connectivity index (χ0) is 27.1. The Morgan fingerprint density at radius 2 is 1.86 bits per heavy atom. The maximum Gasteiger partial charge on any atom is 0.414 e. The third-order valence-corrected chi connectivity index (χ3v) is 5.66. The molecule has 0 spiro atoms. The summed E-state index contributed by atoms with van der Waals surface area (Å²) in [5, 5.41) is 14.1. The average molecular weight is 511 g/mol. The molecule has 3 rings (SSSR count). The van der Waals surface area contributed by atoms with Crippen LogP contribution in [0.15, 0.2) is 65.9 Å². The molecular weight excluding hydrogens is 480 g/mol. The van der Waals surface area contributed by atoms with Gasteiger partial charge in [0.15, 0.2) is 0 Å². The van der Waals surface area contributed by atoms with Crippen LogP contribution in [0.3, 0.4) is 0 Å². The number of non-ortho nitro benzene ring substituents is 1. The monoisotopic (exact) mass is 510 g/mol. The summed E-state index contributed by atoms with van der Waals surface area (Å²) < 4.78 is 10.8. The lowest BCUT2D eigenvalue weighted by atomic mass is 9.93. The molecule has 196 valence electrons. The van der Waals surface area contributed by atoms with E-state index in [1.165, 1.54) is 28.0 Å². The minimum absolute atomic E-state index is 0.147. The molecular formula is C26H30N4O7. The third-order valence-electron chi connectivity index (χ3n) is 5.66. The van der Waals surface area contributed by atoms with Gasteiger partial charge >= 0.3 is 18.1 Å². The number of benzene rings is 2. The predicted molar refractivity (Wildman–Crippen MR) is 135 cm³/mol. The second kappa shape index (κ2) is 12.0. The molecule has 0 saturated carbocycles. The molecule has 1 N–H and O–H groups in total. The highest BCUT2D eigenvalue weighted by Gasteiger charge is 2.39. The molecule has 2 aromatic rings. The lowest BCUT2D eigenvalue weighted by Crippen LogP contribution is -2.49. The molecule has 11 heteroatoms. The van der Waals surface area contributed by atoms with E-state index in [4.69, 9.17) is 9.47 Å². The van der Waals surface area contributed by atoms with Crippen LogP contribution in [0.1, 0.15) is 38.8 Å². The number of urea groups is 1. The molecule has 1 aliphatic rings. The molecule has 37 heavy (non-hydrogen) atoms. The number of carbonyl (C=O) groups is 3. The smallest absolute Gasteiger partial charge is 0.414 e. The van der Waals surface area contributed by atoms with Gasteiger partial charge in [0.25, 0.3) is 5.69 Å². The standard InChI is InChI=1S/C26H30N4O7/c1-17(2)36-24(31)22-18(3)27-25(32)29(23(22)19-10-8-11-20(16-19)30(34)35)15-9-14-28(4)26(33)37-21-12-6-5-7-13-21/h5-8,10-13,16-17,23H,9,14-15H2,1-4H3,(H,27,32). The van der Waals surface area contributed by atoms with Gasteiger partial charge < -0.3 is 24.6 Å². The van der Waals surface area contributed by atoms with Gasteiger partial charge in [0.1, 0.15) is 5.75 Å². The van der Waals surface area contributed by atoms with Crippen molar-refractivity contribution in [2.24, 2.45) is 0 Å². The molecule has 0 saturated heterocycles. The second-order valence-electron chi connectivity index (χ2n) is 8.83. The highest BCUT2D eigenvalue weighted by Crippen LogP contribution is 2.36. The fourth-order valence-corrected chi connectivity index (χ4v) is 3.94. The lowest BCUT2D eigenvalue weighted by Gasteiger charge is -2.38. The summed E-state index contributed by atoms with van der Waals surface area (Å²) in [7, 11) is 1.58. The summed E-state index contributed by atoms with van der Waals surface area (Å²) in [5.74, 6) is -0.216. The number of ether oxygens (including phenoxy) is 2. The van der Waals surface area contributed by atoms with Crippen LogP contribution in [0.25, 0.3) is 0 Å². The molecule has 1 atom stereocenters. The molecule has 1 aliphatic heterocycles. The summed E-state index contributed by atoms with van der Waals surface area (Å²) in [5.41, 5.74) is 0.731. The van der Waals surface area contributed by atoms with Gasteiger partial charge in [0.2, 0.25) is 0 Å². The third kappa shape index (κ3) is 6.84. The number of hydrogen-bond acceptors (Lipinski definition) is 7. The number of amides is 3. The maximum absolute atomic E-state index is 13.1. The van der Waals surface area contributed by atoms with Crippen molar-refractivity contribution in [1.82, 2.24) is 15.1 Å². The number of rotatable bonds is 9. The largest absolute Gasteiger partial charge is 0.459 e. The normalized spacial score (nSPS) is 15.3. The topological polar surface area (TPSA) is 131 Å². The second-order valence-corrected chi connectivity index (χ2v) is 8.83. The first-order chi connectivity index (χ1) is 17.6. The van der Waals surface area contributed by atoms with Crippen molar-refractivity contribution < 1.29 is 28.8 Å². The number of allylic oxidation sites excluding steroid dienone is 1. The summed E-state index contributed by atoms with van der Waals surface area (Å²) >= 11 is 0. The van der Waals surface area contributed by atoms with E-state index >= 15 is 0 Å². The summed E-state index contributed by atoms with van der Waals surface area (Å²) in [6.45, 7) is 5.41. The Hall–Kier alpha value is -4.41. The lowest BCUT2D eigenvalue weighted by molar-refractivity contribution is -0.384. The summed E-state index contributed by atoms with van der Waals surface area (Å²) in [6.07, 6.45) is -0.611. The average Bonchev–Trinajstić information content (AvgIpc) is 2.85. The van der Waals surface area contributed by atoms with Crippen LogP contribution in [0.2, 0.25) is 0 Å². The predicted octanol–water partition coefficient (Wildman–Crippen LogP) is 4.41. The fraction of sp³-hybridized carbons (Fsp3) is 0.346. The number of nitro benzene ring substituents is 1. The van der Waals surface area contributed by atoms with Gasteiger partial charge in [0, 0.05) is 38.0 Å². The van der Waals surface area contributed by atoms with Crippen molar-refractivity contribution >= 4 is 23.8 Å². The zero-order valence-corrected chi connectivity index (χ0v) is 21.2. The summed E-state index contributed by atoms with van der Waals surface area (Å²) in [4.78, 5) is 52.2. The van der Waals surface area contributed by atoms with Gasteiger partial charge in [0.05, 0.1) is 22.6 Å². The van der Waals surface area contributed by atoms with E-state index in [0.717, 1.165) is 0 Å². The molecule has 0 bridgehead atoms. The fourth-order valence-electron chi connectivity index (χ4n) is 3.94. The Kier molecular flexibility index (Phi) is 8.83. The Balaban J connectivity index is 1.83. The van der Waals surface area contributed by atoms with Crippen LogP contribution in [0, 0.1) is 10.1 Å². The van der Waals surface area contributed by atoms with Crippen molar-refractivity contribution in [2.45, 2.75) is 39.3 Å². The quantitative estimate of drug-likeness (QED) is 0.300. The van der Waals surface area contributed by atoms with Gasteiger partial charge in [-0.2, -0.15) is 0 Å². The van der Waals surface area contributed by atoms with Gasteiger partial charge in [-0.1, -0.05) is 30.3 Å². The number of esters is 1. The zero-order valence-electron chi connectivity index (χ0n) is 21.2. The van der Waals surface area contributed by atoms with E-state index in [1.807, 2.05) is 6.07 Å². The van der Waals surface area contributed by atoms with E-state index in [-0.39, 0.29) is 24.4 Å². The van der Waals surface area contributed by atoms with Crippen LogP contribution in [0.5, 0.6) is 5.75 Å². The first-order valence-corrected chi connectivity index (χ1v) is 11.8. The van der Waals surface area contributed by atoms with Crippen LogP contribution in [-0.4, -0.2) is 59.1 Å². The molecule has 11 nitrogen and oxygen atoms in total. The van der Waals surface area contributed by atoms with Crippen LogP contribution >= 0.6 is 0 Å². The molecule has 2 aromatic carbocycles. The first-order valence-electron chi connectivity index (χ1n) is 11.8. The van der Waals surface area contributed by atoms with Crippen molar-refractivity contribution in [3.8, 4) is 5.75 Å². The molecule has 1 heterocycles. The van der Waals surface area contributed by atoms with Gasteiger partial charge in [-0.15, -0.1) is 0 Å². The number of hydrogen-bond donors (Lipinski definition) is 1. The molecule has 1 unspecified atom stereocenters. The minimum atomic E-state index is -0.915. The molecule has 0 fully saturated rings. The Labute approximate surface area is 214 Å². The molecule has 0 aromatic heterocycles. The first kappa shape index (κ1) is 27.2. The van der Waals surface area contributed by atoms with Crippen LogP contribution in [0.4, 0.5) is 15.3 Å². The Bertz CT molecular complexity index is 1200. The minimum Gasteiger partial charge on any atom is -0.459 e. The highest BCUT2D eigenvalue weighted by atomic mass is 16.6. The SMILES string of the molecule is CC1=C(C(=O)OC(C)C)C(c2cccc([N+](=O)[O-])c2)N(CCCN(C)C(=O)Oc2ccccc2)C(=O)N1. The highest BCUT2D eigenvalue weighted by molar-refractivity contribution is 5.95. The maximum atomic E-state index is 13.1. The van der Waals surface area contributed by atoms with E-state index < -0.39 is 35.2 Å². The molecule has 3 amide bonds. The van der Waals surface area contributed by atoms with Crippen molar-refractivity contribution in [1.29, 1.82) is 0 Å². The van der Waals surface area contributed by atoms with Gasteiger partial charge in [-0.3, -0.25) is 10.1 Å². The van der Waals surface area contributed by atoms with E-state index in [0.29, 0.717) is 23.4 Å². The van der Waals surface area contributed by atoms with E-state index in [9.17, 15) is 24.5 Å². The van der Waals surface area contributed by atoms with E-state index in [1.54, 1.807) is 58.2 Å². The number of nitrogens with one attached hydrogen (secondary N) is 1. The van der Waals surface area contributed by atoms with Crippen molar-refractivity contribution in [3.05, 3.63) is 81.5 Å². The van der Waals surface area contributed by atoms with Crippen LogP contribution < -0.4 is 10.1 Å².